The normalized spacial score (nSPS) is 16.0. The number of amides is 1. The zero-order chi connectivity index (χ0) is 36.3. The summed E-state index contributed by atoms with van der Waals surface area (Å²) >= 11 is 1.39. The van der Waals surface area contributed by atoms with Crippen LogP contribution in [-0.2, 0) is 24.2 Å². The standard InChI is InChI=1S/C39H50N2O7S2/c1-5-8-20-39(21-9-6-2)26-41(30-18-14-11-15-19-30)31-23-34(49-4)33(24-35(31)50(46,47)27-39)48-25-36(43)40-37(29-16-12-10-13-17-29)32(42)22-28(7-3)38(44)45/h10-19,23-24,28,37H,5-9,20-22,25-27H2,1-4H3,(H,40,43)(H,44,45)/t28-,37?/m1/s1. The van der Waals surface area contributed by atoms with Crippen molar-refractivity contribution in [3.05, 3.63) is 78.4 Å². The van der Waals surface area contributed by atoms with Gasteiger partial charge in [0.2, 0.25) is 0 Å². The Kier molecular flexibility index (Phi) is 13.9. The van der Waals surface area contributed by atoms with Crippen molar-refractivity contribution in [1.29, 1.82) is 0 Å². The van der Waals surface area contributed by atoms with Crippen molar-refractivity contribution in [2.45, 2.75) is 88.0 Å². The van der Waals surface area contributed by atoms with Crippen LogP contribution < -0.4 is 15.0 Å². The van der Waals surface area contributed by atoms with Crippen LogP contribution in [0.5, 0.6) is 5.75 Å². The lowest BCUT2D eigenvalue weighted by atomic mass is 9.79. The first-order valence-corrected chi connectivity index (χ1v) is 20.3. The van der Waals surface area contributed by atoms with Gasteiger partial charge in [-0.15, -0.1) is 11.8 Å². The second-order valence-corrected chi connectivity index (χ2v) is 16.0. The molecule has 270 valence electrons. The van der Waals surface area contributed by atoms with Crippen LogP contribution in [-0.4, -0.2) is 56.3 Å². The summed E-state index contributed by atoms with van der Waals surface area (Å²) in [4.78, 5) is 41.3. The molecule has 0 spiro atoms. The molecule has 0 saturated heterocycles. The second kappa shape index (κ2) is 17.9. The number of sulfone groups is 1. The molecule has 0 aliphatic carbocycles. The largest absolute Gasteiger partial charge is 0.483 e. The van der Waals surface area contributed by atoms with Crippen LogP contribution in [0.3, 0.4) is 0 Å². The summed E-state index contributed by atoms with van der Waals surface area (Å²) in [5.41, 5.74) is 1.58. The zero-order valence-electron chi connectivity index (χ0n) is 29.5. The molecular weight excluding hydrogens is 673 g/mol. The van der Waals surface area contributed by atoms with Gasteiger partial charge in [-0.25, -0.2) is 8.42 Å². The minimum Gasteiger partial charge on any atom is -0.483 e. The maximum absolute atomic E-state index is 14.4. The van der Waals surface area contributed by atoms with Gasteiger partial charge in [0, 0.05) is 30.1 Å². The molecule has 1 heterocycles. The summed E-state index contributed by atoms with van der Waals surface area (Å²) in [5, 5.41) is 12.3. The number of anilines is 2. The molecule has 0 aromatic heterocycles. The molecule has 4 rings (SSSR count). The van der Waals surface area contributed by atoms with Crippen LogP contribution >= 0.6 is 11.8 Å². The van der Waals surface area contributed by atoms with Gasteiger partial charge in [0.1, 0.15) is 11.8 Å². The lowest BCUT2D eigenvalue weighted by Crippen LogP contribution is -2.38. The van der Waals surface area contributed by atoms with E-state index in [0.717, 1.165) is 44.2 Å². The molecule has 1 aliphatic rings. The monoisotopic (exact) mass is 722 g/mol. The van der Waals surface area contributed by atoms with E-state index < -0.39 is 51.5 Å². The number of nitrogens with zero attached hydrogens (tertiary/aromatic N) is 1. The summed E-state index contributed by atoms with van der Waals surface area (Å²) < 4.78 is 34.8. The highest BCUT2D eigenvalue weighted by Gasteiger charge is 2.42. The number of ether oxygens (including phenoxy) is 1. The molecule has 3 aromatic carbocycles. The Labute approximate surface area is 301 Å². The molecule has 1 amide bonds. The topological polar surface area (TPSA) is 130 Å². The van der Waals surface area contributed by atoms with Crippen molar-refractivity contribution in [3.8, 4) is 5.75 Å². The average Bonchev–Trinajstić information content (AvgIpc) is 3.21. The van der Waals surface area contributed by atoms with Crippen LogP contribution in [0.4, 0.5) is 11.4 Å². The van der Waals surface area contributed by atoms with E-state index >= 15 is 0 Å². The number of ketones is 1. The van der Waals surface area contributed by atoms with Crippen molar-refractivity contribution in [2.75, 3.05) is 30.1 Å². The Morgan fingerprint density at radius 2 is 1.58 bits per heavy atom. The summed E-state index contributed by atoms with van der Waals surface area (Å²) in [6.07, 6.45) is 7.31. The Bertz CT molecular complexity index is 1710. The maximum Gasteiger partial charge on any atom is 0.306 e. The lowest BCUT2D eigenvalue weighted by molar-refractivity contribution is -0.144. The number of unbranched alkanes of at least 4 members (excludes halogenated alkanes) is 2. The Balaban J connectivity index is 1.68. The van der Waals surface area contributed by atoms with Gasteiger partial charge >= 0.3 is 5.97 Å². The number of aliphatic carboxylic acids is 1. The predicted octanol–water partition coefficient (Wildman–Crippen LogP) is 8.01. The first-order chi connectivity index (χ1) is 24.0. The molecule has 2 N–H and O–H groups in total. The van der Waals surface area contributed by atoms with Gasteiger partial charge in [-0.2, -0.15) is 0 Å². The summed E-state index contributed by atoms with van der Waals surface area (Å²) in [6, 6.07) is 20.9. The number of carbonyl (C=O) groups excluding carboxylic acids is 2. The minimum absolute atomic E-state index is 0.0187. The third kappa shape index (κ3) is 9.69. The van der Waals surface area contributed by atoms with Crippen molar-refractivity contribution in [1.82, 2.24) is 5.32 Å². The third-order valence-corrected chi connectivity index (χ3v) is 12.2. The molecular formula is C39H50N2O7S2. The highest BCUT2D eigenvalue weighted by Crippen LogP contribution is 2.47. The predicted molar refractivity (Wildman–Crippen MR) is 199 cm³/mol. The maximum atomic E-state index is 14.4. The zero-order valence-corrected chi connectivity index (χ0v) is 31.2. The van der Waals surface area contributed by atoms with Gasteiger partial charge in [-0.1, -0.05) is 95.0 Å². The fourth-order valence-corrected chi connectivity index (χ4v) is 9.35. The molecule has 1 aliphatic heterocycles. The Morgan fingerprint density at radius 3 is 2.14 bits per heavy atom. The van der Waals surface area contributed by atoms with E-state index in [1.165, 1.54) is 11.8 Å². The van der Waals surface area contributed by atoms with Crippen molar-refractivity contribution in [2.24, 2.45) is 11.3 Å². The number of Topliss-reactive ketones (excluding diaryl/α,β-unsaturated/α-hetero) is 1. The van der Waals surface area contributed by atoms with Gasteiger partial charge in [0.15, 0.2) is 22.2 Å². The van der Waals surface area contributed by atoms with E-state index in [1.54, 1.807) is 43.3 Å². The number of hydrogen-bond acceptors (Lipinski definition) is 8. The average molecular weight is 723 g/mol. The number of hydrogen-bond donors (Lipinski definition) is 2. The van der Waals surface area contributed by atoms with Gasteiger partial charge in [-0.3, -0.25) is 14.4 Å². The van der Waals surface area contributed by atoms with Crippen molar-refractivity contribution in [3.63, 3.8) is 0 Å². The number of carboxylic acid groups (broad SMARTS) is 1. The fraction of sp³-hybridized carbons (Fsp3) is 0.462. The third-order valence-electron chi connectivity index (χ3n) is 9.46. The number of fused-ring (bicyclic) bond motifs is 1. The van der Waals surface area contributed by atoms with E-state index in [-0.39, 0.29) is 29.2 Å². The van der Waals surface area contributed by atoms with Crippen LogP contribution in [0.1, 0.15) is 83.7 Å². The number of carbonyl (C=O) groups is 3. The van der Waals surface area contributed by atoms with Crippen molar-refractivity contribution < 1.29 is 32.6 Å². The molecule has 9 nitrogen and oxygen atoms in total. The Hall–Kier alpha value is -3.83. The molecule has 50 heavy (non-hydrogen) atoms. The van der Waals surface area contributed by atoms with E-state index in [1.807, 2.05) is 42.7 Å². The van der Waals surface area contributed by atoms with Crippen LogP contribution in [0.15, 0.2) is 82.6 Å². The molecule has 0 bridgehead atoms. The number of thioether (sulfide) groups is 1. The highest BCUT2D eigenvalue weighted by molar-refractivity contribution is 7.98. The number of benzene rings is 3. The molecule has 1 unspecified atom stereocenters. The van der Waals surface area contributed by atoms with E-state index in [0.29, 0.717) is 22.7 Å². The summed E-state index contributed by atoms with van der Waals surface area (Å²) in [7, 11) is -3.79. The van der Waals surface area contributed by atoms with Crippen molar-refractivity contribution >= 4 is 50.6 Å². The van der Waals surface area contributed by atoms with Gasteiger partial charge < -0.3 is 20.1 Å². The first-order valence-electron chi connectivity index (χ1n) is 17.5. The van der Waals surface area contributed by atoms with Gasteiger partial charge in [0.25, 0.3) is 5.91 Å². The van der Waals surface area contributed by atoms with Gasteiger partial charge in [-0.05, 0) is 49.3 Å². The number of para-hydroxylation sites is 1. The molecule has 0 radical (unpaired) electrons. The highest BCUT2D eigenvalue weighted by atomic mass is 32.2. The SMILES string of the molecule is CCCCC1(CCCC)CN(c2ccccc2)c2cc(SC)c(OCC(=O)NC(C(=O)C[C@@H](CC)C(=O)O)c3ccccc3)cc2S(=O)(=O)C1. The Morgan fingerprint density at radius 1 is 0.960 bits per heavy atom. The number of nitrogens with one attached hydrogen (secondary N) is 1. The van der Waals surface area contributed by atoms with E-state index in [9.17, 15) is 27.9 Å². The minimum atomic E-state index is -3.79. The number of carboxylic acids is 1. The van der Waals surface area contributed by atoms with Crippen LogP contribution in [0.2, 0.25) is 0 Å². The molecule has 11 heteroatoms. The second-order valence-electron chi connectivity index (χ2n) is 13.2. The molecule has 2 atom stereocenters. The van der Waals surface area contributed by atoms with E-state index in [4.69, 9.17) is 4.74 Å². The summed E-state index contributed by atoms with van der Waals surface area (Å²) in [5.74, 6) is -2.67. The molecule has 3 aromatic rings. The molecule has 0 saturated carbocycles. The van der Waals surface area contributed by atoms with Gasteiger partial charge in [0.05, 0.1) is 27.1 Å². The first kappa shape index (κ1) is 39.0. The number of rotatable bonds is 18. The quantitative estimate of drug-likeness (QED) is 0.125. The fourth-order valence-electron chi connectivity index (χ4n) is 6.69. The summed E-state index contributed by atoms with van der Waals surface area (Å²) in [6.45, 7) is 6.05. The van der Waals surface area contributed by atoms with Crippen LogP contribution in [0, 0.1) is 11.3 Å². The molecule has 0 fully saturated rings. The van der Waals surface area contributed by atoms with Crippen LogP contribution in [0.25, 0.3) is 0 Å². The van der Waals surface area contributed by atoms with E-state index in [2.05, 4.69) is 24.1 Å². The lowest BCUT2D eigenvalue weighted by Gasteiger charge is -2.37. The smallest absolute Gasteiger partial charge is 0.306 e.